The second kappa shape index (κ2) is 4.17. The fourth-order valence-corrected chi connectivity index (χ4v) is 1.28. The predicted molar refractivity (Wildman–Crippen MR) is 53.9 cm³/mol. The zero-order chi connectivity index (χ0) is 11.7. The van der Waals surface area contributed by atoms with Crippen molar-refractivity contribution in [3.05, 3.63) is 35.7 Å². The van der Waals surface area contributed by atoms with Crippen LogP contribution in [0.15, 0.2) is 22.7 Å². The molecule has 0 saturated heterocycles. The van der Waals surface area contributed by atoms with Crippen molar-refractivity contribution < 1.29 is 13.3 Å². The summed E-state index contributed by atoms with van der Waals surface area (Å²) in [5.74, 6) is -1.08. The number of rotatable bonds is 2. The van der Waals surface area contributed by atoms with Crippen molar-refractivity contribution in [3.8, 4) is 11.5 Å². The Labute approximate surface area is 95.0 Å². The minimum atomic E-state index is -0.700. The lowest BCUT2D eigenvalue weighted by Gasteiger charge is -1.95. The van der Waals surface area contributed by atoms with Gasteiger partial charge in [0.1, 0.15) is 11.6 Å². The average molecular weight is 245 g/mol. The van der Waals surface area contributed by atoms with E-state index in [1.54, 1.807) is 6.92 Å². The summed E-state index contributed by atoms with van der Waals surface area (Å²) >= 11 is 5.73. The lowest BCUT2D eigenvalue weighted by molar-refractivity contribution is 0.422. The fraction of sp³-hybridized carbons (Fsp3) is 0.200. The number of nitrogens with zero attached hydrogens (tertiary/aromatic N) is 2. The van der Waals surface area contributed by atoms with E-state index in [1.165, 1.54) is 0 Å². The molecule has 0 N–H and O–H groups in total. The Morgan fingerprint density at radius 1 is 1.25 bits per heavy atom. The van der Waals surface area contributed by atoms with E-state index < -0.39 is 17.0 Å². The largest absolute Gasteiger partial charge is 0.334 e. The molecule has 0 bridgehead atoms. The number of hydrogen-bond acceptors (Lipinski definition) is 3. The maximum Gasteiger partial charge on any atom is 0.258 e. The van der Waals surface area contributed by atoms with Gasteiger partial charge < -0.3 is 4.52 Å². The maximum absolute atomic E-state index is 12.9. The first-order valence-electron chi connectivity index (χ1n) is 4.50. The third-order valence-corrected chi connectivity index (χ3v) is 2.10. The summed E-state index contributed by atoms with van der Waals surface area (Å²) in [6.07, 6.45) is 0. The average Bonchev–Trinajstić information content (AvgIpc) is 2.64. The van der Waals surface area contributed by atoms with Gasteiger partial charge in [-0.3, -0.25) is 0 Å². The Morgan fingerprint density at radius 3 is 2.38 bits per heavy atom. The van der Waals surface area contributed by atoms with Crippen LogP contribution < -0.4 is 0 Å². The normalized spacial score (nSPS) is 12.8. The summed E-state index contributed by atoms with van der Waals surface area (Å²) < 4.78 is 30.7. The van der Waals surface area contributed by atoms with Crippen LogP contribution in [-0.2, 0) is 0 Å². The Balaban J connectivity index is 2.42. The fourth-order valence-electron chi connectivity index (χ4n) is 1.19. The molecule has 0 aliphatic carbocycles. The molecule has 84 valence electrons. The van der Waals surface area contributed by atoms with Gasteiger partial charge in [-0.25, -0.2) is 8.78 Å². The molecule has 0 radical (unpaired) electrons. The van der Waals surface area contributed by atoms with Gasteiger partial charge in [0.2, 0.25) is 0 Å². The van der Waals surface area contributed by atoms with Crippen LogP contribution >= 0.6 is 11.6 Å². The lowest BCUT2D eigenvalue weighted by Crippen LogP contribution is -1.87. The summed E-state index contributed by atoms with van der Waals surface area (Å²) in [5, 5.41) is 3.17. The molecule has 1 aromatic heterocycles. The van der Waals surface area contributed by atoms with E-state index in [1.807, 2.05) is 0 Å². The number of halogens is 3. The molecule has 0 aliphatic heterocycles. The molecule has 2 rings (SSSR count). The summed E-state index contributed by atoms with van der Waals surface area (Å²) in [5.41, 5.74) is 0.188. The molecule has 0 fully saturated rings. The molecule has 1 aromatic carbocycles. The SMILES string of the molecule is CC(Cl)c1noc(-c2cc(F)cc(F)c2)n1. The molecule has 6 heteroatoms. The van der Waals surface area contributed by atoms with Crippen LogP contribution in [0, 0.1) is 11.6 Å². The summed E-state index contributed by atoms with van der Waals surface area (Å²) in [7, 11) is 0. The molecular formula is C10H7ClF2N2O. The second-order valence-corrected chi connectivity index (χ2v) is 3.89. The number of alkyl halides is 1. The zero-order valence-corrected chi connectivity index (χ0v) is 9.00. The third kappa shape index (κ3) is 2.19. The van der Waals surface area contributed by atoms with Crippen LogP contribution in [0.25, 0.3) is 11.5 Å². The predicted octanol–water partition coefficient (Wildman–Crippen LogP) is 3.31. The van der Waals surface area contributed by atoms with Crippen molar-refractivity contribution in [2.75, 3.05) is 0 Å². The summed E-state index contributed by atoms with van der Waals surface area (Å²) in [6, 6.07) is 2.99. The van der Waals surface area contributed by atoms with Crippen LogP contribution in [0.3, 0.4) is 0 Å². The van der Waals surface area contributed by atoms with E-state index in [2.05, 4.69) is 10.1 Å². The first kappa shape index (κ1) is 11.0. The number of benzene rings is 1. The minimum absolute atomic E-state index is 0.0425. The van der Waals surface area contributed by atoms with Gasteiger partial charge in [0.25, 0.3) is 5.89 Å². The Bertz CT molecular complexity index is 493. The van der Waals surface area contributed by atoms with Crippen LogP contribution in [0.4, 0.5) is 8.78 Å². The van der Waals surface area contributed by atoms with Crippen LogP contribution in [0.2, 0.25) is 0 Å². The van der Waals surface area contributed by atoms with E-state index in [0.29, 0.717) is 0 Å². The van der Waals surface area contributed by atoms with E-state index in [0.717, 1.165) is 18.2 Å². The Hall–Kier alpha value is -1.49. The Morgan fingerprint density at radius 2 is 1.88 bits per heavy atom. The van der Waals surface area contributed by atoms with Crippen molar-refractivity contribution in [1.29, 1.82) is 0 Å². The van der Waals surface area contributed by atoms with Crippen molar-refractivity contribution in [2.45, 2.75) is 12.3 Å². The highest BCUT2D eigenvalue weighted by Gasteiger charge is 2.14. The number of aromatic nitrogens is 2. The summed E-state index contributed by atoms with van der Waals surface area (Å²) in [4.78, 5) is 3.92. The van der Waals surface area contributed by atoms with Gasteiger partial charge in [-0.1, -0.05) is 5.16 Å². The molecule has 0 amide bonds. The first-order chi connectivity index (χ1) is 7.56. The molecule has 1 atom stereocenters. The van der Waals surface area contributed by atoms with Gasteiger partial charge in [-0.05, 0) is 19.1 Å². The highest BCUT2D eigenvalue weighted by atomic mass is 35.5. The van der Waals surface area contributed by atoms with Gasteiger partial charge in [-0.15, -0.1) is 11.6 Å². The van der Waals surface area contributed by atoms with Gasteiger partial charge in [-0.2, -0.15) is 4.98 Å². The molecule has 0 spiro atoms. The molecule has 0 saturated carbocycles. The topological polar surface area (TPSA) is 38.9 Å². The summed E-state index contributed by atoms with van der Waals surface area (Å²) in [6.45, 7) is 1.67. The first-order valence-corrected chi connectivity index (χ1v) is 4.94. The van der Waals surface area contributed by atoms with E-state index in [-0.39, 0.29) is 17.3 Å². The van der Waals surface area contributed by atoms with E-state index in [4.69, 9.17) is 16.1 Å². The Kier molecular flexibility index (Phi) is 2.87. The van der Waals surface area contributed by atoms with Crippen molar-refractivity contribution >= 4 is 11.6 Å². The van der Waals surface area contributed by atoms with Gasteiger partial charge in [0, 0.05) is 11.6 Å². The molecule has 0 aliphatic rings. The standard InChI is InChI=1S/C10H7ClF2N2O/c1-5(11)9-14-10(16-15-9)6-2-7(12)4-8(13)3-6/h2-5H,1H3. The van der Waals surface area contributed by atoms with Crippen molar-refractivity contribution in [1.82, 2.24) is 10.1 Å². The molecule has 16 heavy (non-hydrogen) atoms. The van der Waals surface area contributed by atoms with Gasteiger partial charge in [0.05, 0.1) is 5.38 Å². The molecular weight excluding hydrogens is 238 g/mol. The molecule has 2 aromatic rings. The molecule has 1 unspecified atom stereocenters. The van der Waals surface area contributed by atoms with Gasteiger partial charge in [0.15, 0.2) is 5.82 Å². The van der Waals surface area contributed by atoms with Crippen molar-refractivity contribution in [2.24, 2.45) is 0 Å². The van der Waals surface area contributed by atoms with Crippen LogP contribution in [0.1, 0.15) is 18.1 Å². The lowest BCUT2D eigenvalue weighted by atomic mass is 10.2. The monoisotopic (exact) mass is 244 g/mol. The highest BCUT2D eigenvalue weighted by Crippen LogP contribution is 2.23. The number of hydrogen-bond donors (Lipinski definition) is 0. The minimum Gasteiger partial charge on any atom is -0.334 e. The molecule has 3 nitrogen and oxygen atoms in total. The molecule has 1 heterocycles. The smallest absolute Gasteiger partial charge is 0.258 e. The quantitative estimate of drug-likeness (QED) is 0.761. The maximum atomic E-state index is 12.9. The zero-order valence-electron chi connectivity index (χ0n) is 8.25. The van der Waals surface area contributed by atoms with Crippen molar-refractivity contribution in [3.63, 3.8) is 0 Å². The van der Waals surface area contributed by atoms with Crippen LogP contribution in [0.5, 0.6) is 0 Å². The van der Waals surface area contributed by atoms with Gasteiger partial charge >= 0.3 is 0 Å². The van der Waals surface area contributed by atoms with E-state index >= 15 is 0 Å². The second-order valence-electron chi connectivity index (χ2n) is 3.23. The third-order valence-electron chi connectivity index (χ3n) is 1.91. The van der Waals surface area contributed by atoms with E-state index in [9.17, 15) is 8.78 Å². The van der Waals surface area contributed by atoms with Crippen LogP contribution in [-0.4, -0.2) is 10.1 Å². The highest BCUT2D eigenvalue weighted by molar-refractivity contribution is 6.20.